The number of rotatable bonds is 21. The van der Waals surface area contributed by atoms with E-state index in [-0.39, 0.29) is 12.4 Å². The molecule has 0 fully saturated rings. The fourth-order valence-electron chi connectivity index (χ4n) is 4.37. The molecule has 0 heterocycles. The first-order valence-corrected chi connectivity index (χ1v) is 14.0. The minimum absolute atomic E-state index is 0.0194. The van der Waals surface area contributed by atoms with Gasteiger partial charge < -0.3 is 35.8 Å². The van der Waals surface area contributed by atoms with Crippen LogP contribution >= 0.6 is 0 Å². The molecule has 0 unspecified atom stereocenters. The molecule has 2 aromatic carbocycles. The average molecular weight is 574 g/mol. The Labute approximate surface area is 241 Å². The molecule has 0 radical (unpaired) electrons. The van der Waals surface area contributed by atoms with Gasteiger partial charge in [0.15, 0.2) is 0 Å². The van der Waals surface area contributed by atoms with Crippen LogP contribution in [0.2, 0.25) is 0 Å². The van der Waals surface area contributed by atoms with Crippen molar-refractivity contribution in [1.29, 1.82) is 0 Å². The van der Waals surface area contributed by atoms with Crippen molar-refractivity contribution in [2.45, 2.75) is 70.6 Å². The van der Waals surface area contributed by atoms with E-state index in [9.17, 15) is 29.7 Å². The molecule has 226 valence electrons. The molecule has 0 bridgehead atoms. The third kappa shape index (κ3) is 12.2. The molecular weight excluding hydrogens is 530 g/mol. The Morgan fingerprint density at radius 3 is 2.49 bits per heavy atom. The quantitative estimate of drug-likeness (QED) is 0.110. The Kier molecular flexibility index (Phi) is 15.2. The number of nitrogens with zero attached hydrogens (tertiary/aromatic N) is 1. The van der Waals surface area contributed by atoms with Crippen LogP contribution in [0.5, 0.6) is 5.75 Å². The highest BCUT2D eigenvalue weighted by molar-refractivity contribution is 5.97. The largest absolute Gasteiger partial charge is 0.508 e. The molecule has 11 heteroatoms. The Morgan fingerprint density at radius 1 is 1.05 bits per heavy atom. The number of carboxylic acids is 1. The number of phenols is 1. The van der Waals surface area contributed by atoms with Gasteiger partial charge >= 0.3 is 12.0 Å². The number of ether oxygens (including phenoxy) is 2. The number of urea groups is 1. The Bertz CT molecular complexity index is 1100. The van der Waals surface area contributed by atoms with Crippen molar-refractivity contribution in [3.8, 4) is 5.75 Å². The van der Waals surface area contributed by atoms with Crippen LogP contribution < -0.4 is 16.0 Å². The Morgan fingerprint density at radius 2 is 1.78 bits per heavy atom. The Hall–Kier alpha value is -3.67. The predicted octanol–water partition coefficient (Wildman–Crippen LogP) is 3.65. The molecule has 6 N–H and O–H groups in total. The van der Waals surface area contributed by atoms with E-state index in [1.807, 2.05) is 6.07 Å². The number of hydrogen-bond acceptors (Lipinski definition) is 8. The first kappa shape index (κ1) is 33.5. The number of carboxylic acid groups (broad SMARTS) is 1. The molecule has 0 aliphatic rings. The lowest BCUT2D eigenvalue weighted by Crippen LogP contribution is -2.46. The Balaban J connectivity index is 1.52. The predicted molar refractivity (Wildman–Crippen MR) is 155 cm³/mol. The van der Waals surface area contributed by atoms with Gasteiger partial charge in [-0.25, -0.2) is 9.59 Å². The highest BCUT2D eigenvalue weighted by atomic mass is 16.5. The lowest BCUT2D eigenvalue weighted by atomic mass is 10.1. The summed E-state index contributed by atoms with van der Waals surface area (Å²) >= 11 is 0. The van der Waals surface area contributed by atoms with Gasteiger partial charge in [0.05, 0.1) is 6.10 Å². The molecule has 0 saturated heterocycles. The van der Waals surface area contributed by atoms with Crippen molar-refractivity contribution in [2.24, 2.45) is 5.73 Å². The number of aliphatic hydroxyl groups excluding tert-OH is 1. The third-order valence-corrected chi connectivity index (χ3v) is 6.70. The van der Waals surface area contributed by atoms with Crippen molar-refractivity contribution in [3.05, 3.63) is 59.2 Å². The number of aryl methyl sites for hydroxylation is 1. The van der Waals surface area contributed by atoms with E-state index in [1.54, 1.807) is 30.3 Å². The summed E-state index contributed by atoms with van der Waals surface area (Å²) in [5.41, 5.74) is 7.97. The summed E-state index contributed by atoms with van der Waals surface area (Å²) in [6, 6.07) is 10.1. The third-order valence-electron chi connectivity index (χ3n) is 6.70. The topological polar surface area (TPSA) is 172 Å². The van der Waals surface area contributed by atoms with Gasteiger partial charge in [-0.2, -0.15) is 0 Å². The number of unbranched alkanes of at least 4 members (excludes halogenated alkanes) is 4. The number of phenolic OH excluding ortho intramolecular Hbond substituents is 1. The summed E-state index contributed by atoms with van der Waals surface area (Å²) in [7, 11) is 0. The number of primary amides is 1. The maximum atomic E-state index is 11.8. The van der Waals surface area contributed by atoms with Crippen LogP contribution in [0.15, 0.2) is 42.5 Å². The minimum atomic E-state index is -1.12. The van der Waals surface area contributed by atoms with Crippen molar-refractivity contribution < 1.29 is 39.2 Å². The van der Waals surface area contributed by atoms with Crippen LogP contribution in [0.25, 0.3) is 0 Å². The van der Waals surface area contributed by atoms with Crippen LogP contribution in [-0.4, -0.2) is 66.1 Å². The highest BCUT2D eigenvalue weighted by Gasteiger charge is 2.25. The zero-order valence-corrected chi connectivity index (χ0v) is 23.7. The van der Waals surface area contributed by atoms with E-state index in [0.717, 1.165) is 62.0 Å². The van der Waals surface area contributed by atoms with E-state index in [1.165, 1.54) is 13.0 Å². The molecule has 0 aliphatic carbocycles. The number of nitrogens with one attached hydrogen (secondary N) is 1. The number of amides is 2. The molecule has 2 rings (SSSR count). The average Bonchev–Trinajstić information content (AvgIpc) is 2.95. The normalized spacial score (nSPS) is 12.4. The van der Waals surface area contributed by atoms with E-state index in [2.05, 4.69) is 10.1 Å². The van der Waals surface area contributed by atoms with E-state index >= 15 is 0 Å². The lowest BCUT2D eigenvalue weighted by molar-refractivity contribution is -0.138. The van der Waals surface area contributed by atoms with Gasteiger partial charge in [-0.15, -0.1) is 0 Å². The second-order valence-electron chi connectivity index (χ2n) is 9.89. The van der Waals surface area contributed by atoms with Gasteiger partial charge in [-0.1, -0.05) is 31.0 Å². The molecule has 0 aromatic heterocycles. The monoisotopic (exact) mass is 573 g/mol. The molecule has 2 aromatic rings. The second kappa shape index (κ2) is 18.6. The summed E-state index contributed by atoms with van der Waals surface area (Å²) in [6.07, 6.45) is 5.94. The van der Waals surface area contributed by atoms with E-state index in [0.29, 0.717) is 43.0 Å². The van der Waals surface area contributed by atoms with Crippen LogP contribution in [0.1, 0.15) is 68.2 Å². The molecular formula is C30H43N3O8. The number of nitrogens with two attached hydrogens (primary N) is 1. The number of aliphatic carboxylic acids is 1. The molecule has 0 saturated carbocycles. The van der Waals surface area contributed by atoms with Gasteiger partial charge in [-0.3, -0.25) is 9.69 Å². The van der Waals surface area contributed by atoms with Gasteiger partial charge in [-0.05, 0) is 81.0 Å². The summed E-state index contributed by atoms with van der Waals surface area (Å²) in [5.74, 6) is -1.10. The summed E-state index contributed by atoms with van der Waals surface area (Å²) in [5, 5.41) is 32.7. The summed E-state index contributed by atoms with van der Waals surface area (Å²) in [6.45, 7) is 4.24. The molecule has 0 aliphatic heterocycles. The van der Waals surface area contributed by atoms with Crippen molar-refractivity contribution in [3.63, 3.8) is 0 Å². The molecule has 41 heavy (non-hydrogen) atoms. The SMILES string of the molecule is C[C@@H](C(=O)O)N(C(N)=O)c1cccc(CCCCOCCCCCCNC[C@H](O)c2ccc(O)c(COC=O)c2)c1. The molecule has 11 nitrogen and oxygen atoms in total. The summed E-state index contributed by atoms with van der Waals surface area (Å²) < 4.78 is 10.4. The zero-order valence-electron chi connectivity index (χ0n) is 23.7. The van der Waals surface area contributed by atoms with Crippen molar-refractivity contribution in [1.82, 2.24) is 5.32 Å². The van der Waals surface area contributed by atoms with Gasteiger partial charge in [0.1, 0.15) is 18.4 Å². The fraction of sp³-hybridized carbons (Fsp3) is 0.500. The van der Waals surface area contributed by atoms with Gasteiger partial charge in [0, 0.05) is 31.0 Å². The minimum Gasteiger partial charge on any atom is -0.508 e. The zero-order chi connectivity index (χ0) is 30.0. The highest BCUT2D eigenvalue weighted by Crippen LogP contribution is 2.23. The van der Waals surface area contributed by atoms with Crippen LogP contribution in [0.4, 0.5) is 10.5 Å². The first-order valence-electron chi connectivity index (χ1n) is 14.0. The summed E-state index contributed by atoms with van der Waals surface area (Å²) in [4.78, 5) is 34.5. The second-order valence-corrected chi connectivity index (χ2v) is 9.89. The fourth-order valence-corrected chi connectivity index (χ4v) is 4.37. The lowest BCUT2D eigenvalue weighted by Gasteiger charge is -2.25. The smallest absolute Gasteiger partial charge is 0.326 e. The number of carbonyl (C=O) groups is 3. The van der Waals surface area contributed by atoms with Crippen molar-refractivity contribution in [2.75, 3.05) is 31.2 Å². The number of hydrogen-bond donors (Lipinski definition) is 5. The van der Waals surface area contributed by atoms with E-state index in [4.69, 9.17) is 10.5 Å². The number of benzene rings is 2. The maximum Gasteiger partial charge on any atom is 0.326 e. The molecule has 2 atom stereocenters. The standard InChI is InChI=1S/C30H43N3O8/c1-22(29(37)38)33(30(31)39)26-11-8-10-23(17-26)9-4-7-16-40-15-6-3-2-5-14-32-19-28(36)24-12-13-27(35)25(18-24)20-41-21-34/h8,10-13,17-18,21-22,28,32,35-36H,2-7,9,14-16,19-20H2,1H3,(H2,31,39)(H,37,38)/t22-,28-/m0/s1. The number of anilines is 1. The maximum absolute atomic E-state index is 11.8. The van der Waals surface area contributed by atoms with E-state index < -0.39 is 24.1 Å². The number of aliphatic hydroxyl groups is 1. The van der Waals surface area contributed by atoms with Crippen LogP contribution in [-0.2, 0) is 32.1 Å². The molecule has 0 spiro atoms. The van der Waals surface area contributed by atoms with Gasteiger partial charge in [0.25, 0.3) is 6.47 Å². The van der Waals surface area contributed by atoms with Crippen LogP contribution in [0.3, 0.4) is 0 Å². The number of aromatic hydroxyl groups is 1. The first-order chi connectivity index (χ1) is 19.7. The number of carbonyl (C=O) groups excluding carboxylic acids is 2. The molecule has 2 amide bonds. The van der Waals surface area contributed by atoms with Gasteiger partial charge in [0.2, 0.25) is 0 Å². The van der Waals surface area contributed by atoms with Crippen LogP contribution in [0, 0.1) is 0 Å². The van der Waals surface area contributed by atoms with Crippen molar-refractivity contribution >= 4 is 24.2 Å².